The minimum absolute atomic E-state index is 0.0984. The molecule has 2 heterocycles. The summed E-state index contributed by atoms with van der Waals surface area (Å²) in [4.78, 5) is 20.8. The summed E-state index contributed by atoms with van der Waals surface area (Å²) in [5.41, 5.74) is 4.80. The summed E-state index contributed by atoms with van der Waals surface area (Å²) in [6.07, 6.45) is 3.16. The van der Waals surface area contributed by atoms with E-state index in [4.69, 9.17) is 4.42 Å². The predicted octanol–water partition coefficient (Wildman–Crippen LogP) is 5.44. The quantitative estimate of drug-likeness (QED) is 0.521. The van der Waals surface area contributed by atoms with Gasteiger partial charge in [0.05, 0.1) is 5.56 Å². The lowest BCUT2D eigenvalue weighted by molar-refractivity contribution is 0.102. The van der Waals surface area contributed by atoms with Crippen LogP contribution in [0, 0.1) is 0 Å². The number of anilines is 1. The third-order valence-corrected chi connectivity index (χ3v) is 4.57. The first-order valence-electron chi connectivity index (χ1n) is 9.13. The van der Waals surface area contributed by atoms with Crippen LogP contribution in [0.2, 0.25) is 0 Å². The van der Waals surface area contributed by atoms with Gasteiger partial charge in [-0.05, 0) is 53.4 Å². The zero-order valence-corrected chi connectivity index (χ0v) is 16.1. The molecule has 0 unspecified atom stereocenters. The summed E-state index contributed by atoms with van der Waals surface area (Å²) in [6, 6.07) is 17.1. The van der Waals surface area contributed by atoms with Gasteiger partial charge in [-0.2, -0.15) is 0 Å². The Morgan fingerprint density at radius 1 is 1.04 bits per heavy atom. The Balaban J connectivity index is 1.59. The molecule has 4 rings (SSSR count). The predicted molar refractivity (Wildman–Crippen MR) is 110 cm³/mol. The summed E-state index contributed by atoms with van der Waals surface area (Å²) in [6.45, 7) is 6.55. The molecule has 1 N–H and O–H groups in total. The molecule has 0 fully saturated rings. The molecule has 5 nitrogen and oxygen atoms in total. The normalized spacial score (nSPS) is 11.5. The second-order valence-corrected chi connectivity index (χ2v) is 7.72. The van der Waals surface area contributed by atoms with E-state index in [1.54, 1.807) is 30.5 Å². The monoisotopic (exact) mass is 371 g/mol. The van der Waals surface area contributed by atoms with Gasteiger partial charge in [0, 0.05) is 23.6 Å². The fraction of sp³-hybridized carbons (Fsp3) is 0.174. The maximum Gasteiger partial charge on any atom is 0.257 e. The van der Waals surface area contributed by atoms with E-state index in [1.807, 2.05) is 18.2 Å². The first-order chi connectivity index (χ1) is 13.4. The minimum atomic E-state index is -0.214. The largest absolute Gasteiger partial charge is 0.436 e. The van der Waals surface area contributed by atoms with Crippen molar-refractivity contribution in [3.63, 3.8) is 0 Å². The van der Waals surface area contributed by atoms with Gasteiger partial charge in [-0.25, -0.2) is 4.98 Å². The number of rotatable bonds is 3. The third-order valence-electron chi connectivity index (χ3n) is 4.57. The molecule has 1 amide bonds. The number of fused-ring (bicyclic) bond motifs is 1. The lowest BCUT2D eigenvalue weighted by atomic mass is 9.87. The van der Waals surface area contributed by atoms with Crippen LogP contribution in [0.15, 0.2) is 71.4 Å². The lowest BCUT2D eigenvalue weighted by Crippen LogP contribution is -2.11. The molecule has 5 heteroatoms. The van der Waals surface area contributed by atoms with Crippen LogP contribution in [0.4, 0.5) is 5.69 Å². The SMILES string of the molecule is CC(C)(C)c1ccc(-c2nc3cc(NC(=O)c4cccnc4)ccc3o2)cc1. The van der Waals surface area contributed by atoms with Crippen LogP contribution in [0.25, 0.3) is 22.6 Å². The van der Waals surface area contributed by atoms with E-state index in [9.17, 15) is 4.79 Å². The van der Waals surface area contributed by atoms with Gasteiger partial charge >= 0.3 is 0 Å². The zero-order valence-electron chi connectivity index (χ0n) is 16.1. The molecule has 4 aromatic rings. The summed E-state index contributed by atoms with van der Waals surface area (Å²) >= 11 is 0. The van der Waals surface area contributed by atoms with Crippen LogP contribution in [0.3, 0.4) is 0 Å². The van der Waals surface area contributed by atoms with Crippen molar-refractivity contribution in [1.82, 2.24) is 9.97 Å². The van der Waals surface area contributed by atoms with Gasteiger partial charge < -0.3 is 9.73 Å². The second kappa shape index (κ2) is 6.93. The Morgan fingerprint density at radius 3 is 2.50 bits per heavy atom. The van der Waals surface area contributed by atoms with E-state index in [0.717, 1.165) is 5.56 Å². The number of nitrogens with zero attached hydrogens (tertiary/aromatic N) is 2. The highest BCUT2D eigenvalue weighted by Gasteiger charge is 2.15. The number of hydrogen-bond donors (Lipinski definition) is 1. The van der Waals surface area contributed by atoms with Crippen molar-refractivity contribution >= 4 is 22.7 Å². The molecule has 0 bridgehead atoms. The molecular weight excluding hydrogens is 350 g/mol. The van der Waals surface area contributed by atoms with Gasteiger partial charge in [-0.1, -0.05) is 32.9 Å². The van der Waals surface area contributed by atoms with Gasteiger partial charge in [0.25, 0.3) is 5.91 Å². The topological polar surface area (TPSA) is 68.0 Å². The fourth-order valence-electron chi connectivity index (χ4n) is 2.94. The molecular formula is C23H21N3O2. The zero-order chi connectivity index (χ0) is 19.7. The number of nitrogens with one attached hydrogen (secondary N) is 1. The van der Waals surface area contributed by atoms with Crippen LogP contribution >= 0.6 is 0 Å². The number of pyridine rings is 1. The summed E-state index contributed by atoms with van der Waals surface area (Å²) < 4.78 is 5.89. The molecule has 0 saturated heterocycles. The molecule has 0 spiro atoms. The number of carbonyl (C=O) groups excluding carboxylic acids is 1. The molecule has 2 aromatic carbocycles. The number of hydrogen-bond acceptors (Lipinski definition) is 4. The van der Waals surface area contributed by atoms with Crippen molar-refractivity contribution in [1.29, 1.82) is 0 Å². The van der Waals surface area contributed by atoms with Crippen molar-refractivity contribution in [3.8, 4) is 11.5 Å². The number of carbonyl (C=O) groups is 1. The Kier molecular flexibility index (Phi) is 4.43. The average molecular weight is 371 g/mol. The highest BCUT2D eigenvalue weighted by molar-refractivity contribution is 6.04. The minimum Gasteiger partial charge on any atom is -0.436 e. The summed E-state index contributed by atoms with van der Waals surface area (Å²) in [7, 11) is 0. The van der Waals surface area contributed by atoms with Crippen LogP contribution in [0.1, 0.15) is 36.7 Å². The summed E-state index contributed by atoms with van der Waals surface area (Å²) in [5, 5.41) is 2.86. The van der Waals surface area contributed by atoms with Crippen molar-refractivity contribution < 1.29 is 9.21 Å². The highest BCUT2D eigenvalue weighted by Crippen LogP contribution is 2.29. The molecule has 28 heavy (non-hydrogen) atoms. The van der Waals surface area contributed by atoms with E-state index < -0.39 is 0 Å². The summed E-state index contributed by atoms with van der Waals surface area (Å²) in [5.74, 6) is 0.347. The van der Waals surface area contributed by atoms with Crippen molar-refractivity contribution in [2.75, 3.05) is 5.32 Å². The van der Waals surface area contributed by atoms with Crippen LogP contribution in [0.5, 0.6) is 0 Å². The number of amides is 1. The first kappa shape index (κ1) is 17.9. The second-order valence-electron chi connectivity index (χ2n) is 7.72. The lowest BCUT2D eigenvalue weighted by Gasteiger charge is -2.18. The number of oxazole rings is 1. The maximum atomic E-state index is 12.3. The van der Waals surface area contributed by atoms with Gasteiger partial charge in [0.15, 0.2) is 5.58 Å². The van der Waals surface area contributed by atoms with Crippen molar-refractivity contribution in [3.05, 3.63) is 78.1 Å². The van der Waals surface area contributed by atoms with Crippen LogP contribution in [-0.2, 0) is 5.41 Å². The van der Waals surface area contributed by atoms with Gasteiger partial charge in [0.2, 0.25) is 5.89 Å². The maximum absolute atomic E-state index is 12.3. The number of benzene rings is 2. The molecule has 0 radical (unpaired) electrons. The van der Waals surface area contributed by atoms with E-state index in [0.29, 0.717) is 28.2 Å². The smallest absolute Gasteiger partial charge is 0.257 e. The van der Waals surface area contributed by atoms with E-state index in [1.165, 1.54) is 11.8 Å². The van der Waals surface area contributed by atoms with Gasteiger partial charge in [-0.15, -0.1) is 0 Å². The Morgan fingerprint density at radius 2 is 1.82 bits per heavy atom. The van der Waals surface area contributed by atoms with Gasteiger partial charge in [-0.3, -0.25) is 9.78 Å². The number of aromatic nitrogens is 2. The molecule has 0 atom stereocenters. The van der Waals surface area contributed by atoms with Crippen molar-refractivity contribution in [2.24, 2.45) is 0 Å². The molecule has 140 valence electrons. The van der Waals surface area contributed by atoms with E-state index in [2.05, 4.69) is 48.2 Å². The van der Waals surface area contributed by atoms with Crippen LogP contribution < -0.4 is 5.32 Å². The Labute approximate surface area is 163 Å². The molecule has 0 aliphatic heterocycles. The standard InChI is InChI=1S/C23H21N3O2/c1-23(2,3)17-8-6-15(7-9-17)22-26-19-13-18(10-11-20(19)28-22)25-21(27)16-5-4-12-24-14-16/h4-14H,1-3H3,(H,25,27). The average Bonchev–Trinajstić information content (AvgIpc) is 3.11. The first-order valence-corrected chi connectivity index (χ1v) is 9.13. The molecule has 0 aliphatic carbocycles. The van der Waals surface area contributed by atoms with E-state index in [-0.39, 0.29) is 11.3 Å². The van der Waals surface area contributed by atoms with Crippen LogP contribution in [-0.4, -0.2) is 15.9 Å². The third kappa shape index (κ3) is 3.64. The highest BCUT2D eigenvalue weighted by atomic mass is 16.3. The van der Waals surface area contributed by atoms with E-state index >= 15 is 0 Å². The molecule has 0 saturated carbocycles. The van der Waals surface area contributed by atoms with Crippen molar-refractivity contribution in [2.45, 2.75) is 26.2 Å². The van der Waals surface area contributed by atoms with Gasteiger partial charge in [0.1, 0.15) is 5.52 Å². The molecule has 2 aromatic heterocycles. The Hall–Kier alpha value is -3.47. The Bertz CT molecular complexity index is 1120. The molecule has 0 aliphatic rings. The fourth-order valence-corrected chi connectivity index (χ4v) is 2.94.